The lowest BCUT2D eigenvalue weighted by Crippen LogP contribution is -2.58. The number of carbonyl (C=O) groups excluding carboxylic acids is 2. The summed E-state index contributed by atoms with van der Waals surface area (Å²) in [6.07, 6.45) is 12.7. The minimum absolute atomic E-state index is 0.0347. The van der Waals surface area contributed by atoms with E-state index in [1.165, 1.54) is 21.9 Å². The summed E-state index contributed by atoms with van der Waals surface area (Å²) in [4.78, 5) is 82.8. The molecule has 4 aromatic heterocycles. The molecule has 20 heteroatoms. The van der Waals surface area contributed by atoms with Crippen molar-refractivity contribution in [3.05, 3.63) is 112 Å². The van der Waals surface area contributed by atoms with Crippen LogP contribution in [0.1, 0.15) is 112 Å². The van der Waals surface area contributed by atoms with E-state index in [0.29, 0.717) is 77.7 Å². The summed E-state index contributed by atoms with van der Waals surface area (Å²) in [7, 11) is -2.94. The number of hydrogen-bond acceptors (Lipinski definition) is 13. The topological polar surface area (TPSA) is 224 Å². The Bertz CT molecular complexity index is 3140. The second kappa shape index (κ2) is 20.4. The fourth-order valence-corrected chi connectivity index (χ4v) is 13.4. The Hall–Kier alpha value is -6.21. The van der Waals surface area contributed by atoms with Crippen LogP contribution in [0.2, 0.25) is 0 Å². The van der Waals surface area contributed by atoms with Crippen LogP contribution in [-0.2, 0) is 46.9 Å². The minimum atomic E-state index is -4.58. The Morgan fingerprint density at radius 2 is 1.71 bits per heavy atom. The number of piperidine rings is 1. The quantitative estimate of drug-likeness (QED) is 0.0578. The molecule has 2 aliphatic carbocycles. The number of nitrogens with zero attached hydrogens (tertiary/aromatic N) is 9. The second-order valence-corrected chi connectivity index (χ2v) is 23.6. The first-order valence-electron chi connectivity index (χ1n) is 26.2. The average Bonchev–Trinajstić information content (AvgIpc) is 3.88. The van der Waals surface area contributed by atoms with Gasteiger partial charge in [0.15, 0.2) is 5.82 Å². The number of aliphatic hydroxyl groups excluding tert-OH is 1. The molecule has 2 saturated heterocycles. The fraction of sp³-hybridized carbons (Fsp3) is 0.491. The van der Waals surface area contributed by atoms with Gasteiger partial charge >= 0.3 is 7.82 Å². The zero-order valence-electron chi connectivity index (χ0n) is 43.8. The summed E-state index contributed by atoms with van der Waals surface area (Å²) in [6.45, 7) is 18.3. The Labute approximate surface area is 437 Å². The molecule has 1 saturated carbocycles. The third-order valence-electron chi connectivity index (χ3n) is 16.4. The Morgan fingerprint density at radius 1 is 0.933 bits per heavy atom. The normalized spacial score (nSPS) is 24.0. The molecule has 3 fully saturated rings. The van der Waals surface area contributed by atoms with Gasteiger partial charge in [-0.1, -0.05) is 20.4 Å². The summed E-state index contributed by atoms with van der Waals surface area (Å²) >= 11 is 0. The Balaban J connectivity index is 0.815. The predicted octanol–water partition coefficient (Wildman–Crippen LogP) is 7.28. The van der Waals surface area contributed by atoms with E-state index in [-0.39, 0.29) is 40.6 Å². The summed E-state index contributed by atoms with van der Waals surface area (Å²) in [6, 6.07) is 14.4. The number of hydrogen-bond donors (Lipinski definition) is 5. The van der Waals surface area contributed by atoms with Crippen molar-refractivity contribution in [2.75, 3.05) is 58.1 Å². The number of carbonyl (C=O) groups is 2. The maximum Gasteiger partial charge on any atom is 0.470 e. The average molecular weight is 1040 g/mol. The monoisotopic (exact) mass is 1040 g/mol. The van der Waals surface area contributed by atoms with Gasteiger partial charge in [-0.15, -0.1) is 0 Å². The summed E-state index contributed by atoms with van der Waals surface area (Å²) in [5.74, 6) is 0.0448. The molecular formula is C55H70N11O8P. The van der Waals surface area contributed by atoms with Crippen LogP contribution in [0.25, 0.3) is 11.3 Å². The number of nitrogens with one attached hydrogen (secondary N) is 2. The molecule has 5 aliphatic rings. The van der Waals surface area contributed by atoms with Crippen molar-refractivity contribution >= 4 is 54.0 Å². The van der Waals surface area contributed by atoms with Gasteiger partial charge < -0.3 is 44.5 Å². The van der Waals surface area contributed by atoms with Crippen molar-refractivity contribution in [3.63, 3.8) is 0 Å². The minimum Gasteiger partial charge on any atom is -0.392 e. The number of phosphoric acid groups is 1. The molecule has 1 aromatic carbocycles. The first-order valence-corrected chi connectivity index (χ1v) is 27.8. The molecule has 19 nitrogen and oxygen atoms in total. The zero-order chi connectivity index (χ0) is 53.1. The molecule has 3 aliphatic heterocycles. The van der Waals surface area contributed by atoms with E-state index in [9.17, 15) is 33.8 Å². The third-order valence-corrected chi connectivity index (χ3v) is 17.0. The van der Waals surface area contributed by atoms with Gasteiger partial charge in [0.2, 0.25) is 5.91 Å². The number of phosphoric ester groups is 1. The van der Waals surface area contributed by atoms with Crippen molar-refractivity contribution in [1.82, 2.24) is 29.0 Å². The second-order valence-electron chi connectivity index (χ2n) is 22.4. The molecule has 1 unspecified atom stereocenters. The number of fused-ring (bicyclic) bond motifs is 3. The maximum atomic E-state index is 14.1. The molecule has 3 atom stereocenters. The van der Waals surface area contributed by atoms with E-state index in [1.807, 2.05) is 24.4 Å². The highest BCUT2D eigenvalue weighted by atomic mass is 31.2. The van der Waals surface area contributed by atoms with Crippen molar-refractivity contribution in [3.8, 4) is 11.3 Å². The Morgan fingerprint density at radius 3 is 2.43 bits per heavy atom. The number of piperazine rings is 1. The van der Waals surface area contributed by atoms with E-state index >= 15 is 0 Å². The number of rotatable bonds is 13. The lowest BCUT2D eigenvalue weighted by atomic mass is 9.78. The SMILES string of the molecule is C=CC(=O)Nc1cc(Nc2nc(-c3ccnc(N4CCn5c(cc6c5CC(C)(C)C6)C4=O)c3CO)cn(C)c2=O)ccc1N1CCN(C2CCN(c3ccnc(C4CCC(C)(OP(=O)(O)O)CC4)c3)[C@@H](C)C2)C[C@@H]1C. The van der Waals surface area contributed by atoms with Crippen LogP contribution in [0.5, 0.6) is 0 Å². The van der Waals surface area contributed by atoms with E-state index in [0.717, 1.165) is 81.8 Å². The van der Waals surface area contributed by atoms with Gasteiger partial charge in [-0.3, -0.25) is 33.7 Å². The summed E-state index contributed by atoms with van der Waals surface area (Å²) < 4.78 is 20.3. The van der Waals surface area contributed by atoms with E-state index < -0.39 is 20.0 Å². The van der Waals surface area contributed by atoms with Crippen LogP contribution in [-0.4, -0.2) is 112 Å². The van der Waals surface area contributed by atoms with E-state index in [2.05, 4.69) is 81.3 Å². The molecule has 7 heterocycles. The van der Waals surface area contributed by atoms with Crippen molar-refractivity contribution in [1.29, 1.82) is 0 Å². The van der Waals surface area contributed by atoms with Gasteiger partial charge in [0.1, 0.15) is 11.5 Å². The standard InChI is InChI=1S/C55H70N11O8P/c1-8-49(68)59-44-27-38(58-50-53(70)61(7)32-45(60-50)41-14-19-57-51(42(41)33-67)66-24-23-65-47(52(66)69)26-37-29-54(4,5)30-48(37)65)9-10-46(44)64-22-21-62(31-35(64)3)39-15-20-63(34(2)25-39)40-13-18-56-43(28-40)36-11-16-55(6,17-12-36)74-75(71,72)73/h8-10,13-14,18-19,26-28,32,34-36,39,67H,1,11-12,15-17,20-25,29-31,33H2,2-7H3,(H,58,60)(H,59,68)(H2,71,72,73)/t34-,35-,36?,39?,55?/m0/s1. The lowest BCUT2D eigenvalue weighted by molar-refractivity contribution is -0.111. The van der Waals surface area contributed by atoms with Gasteiger partial charge in [-0.2, -0.15) is 0 Å². The van der Waals surface area contributed by atoms with Crippen molar-refractivity contribution in [2.24, 2.45) is 12.5 Å². The highest BCUT2D eigenvalue weighted by Gasteiger charge is 2.40. The first kappa shape index (κ1) is 52.2. The van der Waals surface area contributed by atoms with Crippen molar-refractivity contribution < 1.29 is 33.6 Å². The molecule has 398 valence electrons. The summed E-state index contributed by atoms with van der Waals surface area (Å²) in [5, 5.41) is 17.1. The van der Waals surface area contributed by atoms with Crippen LogP contribution in [0.15, 0.2) is 78.5 Å². The van der Waals surface area contributed by atoms with Gasteiger partial charge in [0.25, 0.3) is 11.5 Å². The highest BCUT2D eigenvalue weighted by molar-refractivity contribution is 7.46. The van der Waals surface area contributed by atoms with Gasteiger partial charge in [-0.05, 0) is 132 Å². The first-order chi connectivity index (χ1) is 35.7. The largest absolute Gasteiger partial charge is 0.470 e. The summed E-state index contributed by atoms with van der Waals surface area (Å²) in [5.41, 5.74) is 7.42. The number of aromatic nitrogens is 5. The fourth-order valence-electron chi connectivity index (χ4n) is 12.6. The number of anilines is 6. The molecule has 0 radical (unpaired) electrons. The van der Waals surface area contributed by atoms with E-state index in [1.54, 1.807) is 43.4 Å². The molecule has 75 heavy (non-hydrogen) atoms. The molecule has 10 rings (SSSR count). The van der Waals surface area contributed by atoms with E-state index in [4.69, 9.17) is 14.5 Å². The molecule has 0 bridgehead atoms. The van der Waals surface area contributed by atoms with Crippen LogP contribution in [0.4, 0.5) is 34.4 Å². The van der Waals surface area contributed by atoms with Gasteiger partial charge in [0.05, 0.1) is 29.3 Å². The van der Waals surface area contributed by atoms with Gasteiger partial charge in [-0.25, -0.2) is 14.5 Å². The highest BCUT2D eigenvalue weighted by Crippen LogP contribution is 2.49. The van der Waals surface area contributed by atoms with Gasteiger partial charge in [0, 0.05) is 123 Å². The number of amides is 2. The molecule has 0 spiro atoms. The number of aliphatic hydroxyl groups is 1. The molecule has 5 N–H and O–H groups in total. The number of aryl methyl sites for hydroxylation is 1. The van der Waals surface area contributed by atoms with Crippen LogP contribution < -0.4 is 30.9 Å². The smallest absolute Gasteiger partial charge is 0.392 e. The third kappa shape index (κ3) is 10.7. The van der Waals surface area contributed by atoms with Crippen LogP contribution in [0, 0.1) is 5.41 Å². The lowest BCUT2D eigenvalue weighted by Gasteiger charge is -2.48. The van der Waals surface area contributed by atoms with Crippen molar-refractivity contribution in [2.45, 2.75) is 129 Å². The van der Waals surface area contributed by atoms with Crippen LogP contribution in [0.3, 0.4) is 0 Å². The zero-order valence-corrected chi connectivity index (χ0v) is 44.7. The number of benzene rings is 1. The molecule has 5 aromatic rings. The predicted molar refractivity (Wildman–Crippen MR) is 290 cm³/mol. The Kier molecular flexibility index (Phi) is 14.2. The molecular weight excluding hydrogens is 974 g/mol. The van der Waals surface area contributed by atoms with Crippen LogP contribution >= 0.6 is 7.82 Å². The molecule has 2 amide bonds. The maximum absolute atomic E-state index is 14.1. The number of pyridine rings is 2.